The first-order valence-corrected chi connectivity index (χ1v) is 9.11. The van der Waals surface area contributed by atoms with E-state index < -0.39 is 0 Å². The van der Waals surface area contributed by atoms with Gasteiger partial charge in [-0.3, -0.25) is 4.79 Å². The van der Waals surface area contributed by atoms with Crippen LogP contribution in [0, 0.1) is 5.92 Å². The summed E-state index contributed by atoms with van der Waals surface area (Å²) < 4.78 is 0. The third kappa shape index (κ3) is 6.42. The lowest BCUT2D eigenvalue weighted by Gasteiger charge is -2.20. The van der Waals surface area contributed by atoms with Gasteiger partial charge in [0.1, 0.15) is 0 Å². The van der Waals surface area contributed by atoms with Crippen molar-refractivity contribution in [1.29, 1.82) is 0 Å². The first kappa shape index (κ1) is 20.5. The third-order valence-corrected chi connectivity index (χ3v) is 4.24. The minimum absolute atomic E-state index is 0.0729. The van der Waals surface area contributed by atoms with E-state index in [9.17, 15) is 9.59 Å². The van der Waals surface area contributed by atoms with Gasteiger partial charge in [-0.2, -0.15) is 0 Å². The molecule has 27 heavy (non-hydrogen) atoms. The van der Waals surface area contributed by atoms with Gasteiger partial charge in [-0.1, -0.05) is 49.4 Å². The van der Waals surface area contributed by atoms with E-state index in [4.69, 9.17) is 5.73 Å². The molecule has 0 aromatic heterocycles. The van der Waals surface area contributed by atoms with Crippen LogP contribution in [0.2, 0.25) is 0 Å². The molecule has 0 fully saturated rings. The predicted octanol–water partition coefficient (Wildman–Crippen LogP) is 3.17. The summed E-state index contributed by atoms with van der Waals surface area (Å²) >= 11 is 0. The Bertz CT molecular complexity index is 745. The Morgan fingerprint density at radius 3 is 2.19 bits per heavy atom. The summed E-state index contributed by atoms with van der Waals surface area (Å²) in [6.07, 6.45) is 0. The Morgan fingerprint density at radius 2 is 1.59 bits per heavy atom. The number of nitrogens with two attached hydrogens (primary N) is 1. The van der Waals surface area contributed by atoms with Crippen LogP contribution in [0.3, 0.4) is 0 Å². The molecule has 6 nitrogen and oxygen atoms in total. The van der Waals surface area contributed by atoms with Crippen LogP contribution in [0.1, 0.15) is 37.9 Å². The van der Waals surface area contributed by atoms with Crippen LogP contribution in [0.4, 0.5) is 10.5 Å². The summed E-state index contributed by atoms with van der Waals surface area (Å²) in [5.74, 6) is -0.432. The molecule has 2 aromatic rings. The van der Waals surface area contributed by atoms with Crippen molar-refractivity contribution < 1.29 is 9.59 Å². The van der Waals surface area contributed by atoms with Crippen molar-refractivity contribution in [3.05, 3.63) is 65.7 Å². The van der Waals surface area contributed by atoms with Crippen molar-refractivity contribution in [2.24, 2.45) is 11.7 Å². The van der Waals surface area contributed by atoms with Gasteiger partial charge in [0, 0.05) is 24.3 Å². The van der Waals surface area contributed by atoms with Crippen LogP contribution in [0.15, 0.2) is 54.6 Å². The molecule has 5 N–H and O–H groups in total. The van der Waals surface area contributed by atoms with Gasteiger partial charge in [0.15, 0.2) is 0 Å². The number of anilines is 1. The van der Waals surface area contributed by atoms with Gasteiger partial charge in [-0.15, -0.1) is 0 Å². The van der Waals surface area contributed by atoms with Crippen molar-refractivity contribution >= 4 is 17.6 Å². The standard InChI is InChI=1S/C21H28N4O2/c1-14(2)24-21(27)25-18-11-9-16(10-12-18)13-23-20(26)15(3)19(22)17-7-5-4-6-8-17/h4-12,14-15,19H,13,22H2,1-3H3,(H,23,26)(H2,24,25,27). The monoisotopic (exact) mass is 368 g/mol. The fraction of sp³-hybridized carbons (Fsp3) is 0.333. The summed E-state index contributed by atoms with van der Waals surface area (Å²) in [6, 6.07) is 16.4. The van der Waals surface area contributed by atoms with E-state index in [-0.39, 0.29) is 29.9 Å². The van der Waals surface area contributed by atoms with Crippen molar-refractivity contribution in [2.45, 2.75) is 39.4 Å². The number of urea groups is 1. The molecule has 0 aliphatic heterocycles. The van der Waals surface area contributed by atoms with Gasteiger partial charge in [0.25, 0.3) is 0 Å². The molecule has 2 aromatic carbocycles. The van der Waals surface area contributed by atoms with Gasteiger partial charge >= 0.3 is 6.03 Å². The smallest absolute Gasteiger partial charge is 0.319 e. The molecule has 144 valence electrons. The molecule has 0 heterocycles. The number of nitrogens with one attached hydrogen (secondary N) is 3. The topological polar surface area (TPSA) is 96.2 Å². The number of rotatable bonds is 7. The highest BCUT2D eigenvalue weighted by Gasteiger charge is 2.21. The third-order valence-electron chi connectivity index (χ3n) is 4.24. The Labute approximate surface area is 160 Å². The number of amides is 3. The summed E-state index contributed by atoms with van der Waals surface area (Å²) in [5, 5.41) is 8.44. The lowest BCUT2D eigenvalue weighted by atomic mass is 9.94. The Morgan fingerprint density at radius 1 is 0.963 bits per heavy atom. The lowest BCUT2D eigenvalue weighted by Crippen LogP contribution is -2.35. The van der Waals surface area contributed by atoms with Gasteiger partial charge in [0.2, 0.25) is 5.91 Å². The maximum Gasteiger partial charge on any atom is 0.319 e. The van der Waals surface area contributed by atoms with Gasteiger partial charge < -0.3 is 21.7 Å². The van der Waals surface area contributed by atoms with Gasteiger partial charge in [-0.25, -0.2) is 4.79 Å². The molecule has 3 amide bonds. The fourth-order valence-electron chi connectivity index (χ4n) is 2.61. The number of carbonyl (C=O) groups is 2. The predicted molar refractivity (Wildman–Crippen MR) is 108 cm³/mol. The van der Waals surface area contributed by atoms with E-state index in [0.717, 1.165) is 11.1 Å². The highest BCUT2D eigenvalue weighted by molar-refractivity contribution is 5.89. The first-order chi connectivity index (χ1) is 12.9. The average molecular weight is 368 g/mol. The fourth-order valence-corrected chi connectivity index (χ4v) is 2.61. The number of hydrogen-bond donors (Lipinski definition) is 4. The molecule has 0 saturated heterocycles. The van der Waals surface area contributed by atoms with Gasteiger partial charge in [-0.05, 0) is 37.1 Å². The highest BCUT2D eigenvalue weighted by Crippen LogP contribution is 2.19. The molecule has 2 atom stereocenters. The SMILES string of the molecule is CC(C)NC(=O)Nc1ccc(CNC(=O)C(C)C(N)c2ccccc2)cc1. The summed E-state index contributed by atoms with van der Waals surface area (Å²) in [6.45, 7) is 6.03. The zero-order chi connectivity index (χ0) is 19.8. The number of benzene rings is 2. The van der Waals surface area contributed by atoms with Crippen molar-refractivity contribution in [3.8, 4) is 0 Å². The number of carbonyl (C=O) groups excluding carboxylic acids is 2. The largest absolute Gasteiger partial charge is 0.352 e. The number of hydrogen-bond acceptors (Lipinski definition) is 3. The van der Waals surface area contributed by atoms with Crippen LogP contribution in [0.5, 0.6) is 0 Å². The van der Waals surface area contributed by atoms with E-state index >= 15 is 0 Å². The second-order valence-corrected chi connectivity index (χ2v) is 6.89. The van der Waals surface area contributed by atoms with Crippen LogP contribution >= 0.6 is 0 Å². The van der Waals surface area contributed by atoms with Crippen LogP contribution < -0.4 is 21.7 Å². The Hall–Kier alpha value is -2.86. The first-order valence-electron chi connectivity index (χ1n) is 9.11. The molecule has 0 bridgehead atoms. The molecular formula is C21H28N4O2. The van der Waals surface area contributed by atoms with Crippen LogP contribution in [-0.4, -0.2) is 18.0 Å². The summed E-state index contributed by atoms with van der Waals surface area (Å²) in [7, 11) is 0. The Balaban J connectivity index is 1.85. The van der Waals surface area contributed by atoms with Crippen LogP contribution in [-0.2, 0) is 11.3 Å². The highest BCUT2D eigenvalue weighted by atomic mass is 16.2. The molecule has 0 aliphatic carbocycles. The van der Waals surface area contributed by atoms with E-state index in [1.165, 1.54) is 0 Å². The second-order valence-electron chi connectivity index (χ2n) is 6.89. The zero-order valence-electron chi connectivity index (χ0n) is 16.0. The van der Waals surface area contributed by atoms with Gasteiger partial charge in [0.05, 0.1) is 5.92 Å². The molecule has 2 unspecified atom stereocenters. The van der Waals surface area contributed by atoms with Crippen molar-refractivity contribution in [3.63, 3.8) is 0 Å². The van der Waals surface area contributed by atoms with E-state index in [1.807, 2.05) is 63.2 Å². The Kier molecular flexibility index (Phi) is 7.37. The van der Waals surface area contributed by atoms with E-state index in [1.54, 1.807) is 12.1 Å². The minimum Gasteiger partial charge on any atom is -0.352 e. The maximum atomic E-state index is 12.4. The quantitative estimate of drug-likeness (QED) is 0.604. The molecule has 0 aliphatic rings. The molecule has 0 radical (unpaired) electrons. The lowest BCUT2D eigenvalue weighted by molar-refractivity contribution is -0.125. The molecule has 0 saturated carbocycles. The van der Waals surface area contributed by atoms with Crippen LogP contribution in [0.25, 0.3) is 0 Å². The van der Waals surface area contributed by atoms with Crippen molar-refractivity contribution in [1.82, 2.24) is 10.6 Å². The van der Waals surface area contributed by atoms with E-state index in [2.05, 4.69) is 16.0 Å². The summed E-state index contributed by atoms with van der Waals surface area (Å²) in [5.41, 5.74) is 8.78. The molecule has 2 rings (SSSR count). The molecule has 0 spiro atoms. The zero-order valence-corrected chi connectivity index (χ0v) is 16.0. The minimum atomic E-state index is -0.350. The average Bonchev–Trinajstić information content (AvgIpc) is 2.66. The molecular weight excluding hydrogens is 340 g/mol. The maximum absolute atomic E-state index is 12.4. The molecule has 6 heteroatoms. The second kappa shape index (κ2) is 9.73. The summed E-state index contributed by atoms with van der Waals surface area (Å²) in [4.78, 5) is 24.1. The van der Waals surface area contributed by atoms with E-state index in [0.29, 0.717) is 12.2 Å². The van der Waals surface area contributed by atoms with Crippen molar-refractivity contribution in [2.75, 3.05) is 5.32 Å². The normalized spacial score (nSPS) is 12.9.